The molecule has 0 saturated carbocycles. The van der Waals surface area contributed by atoms with Gasteiger partial charge in [0.15, 0.2) is 0 Å². The highest BCUT2D eigenvalue weighted by atomic mass is 19.1. The van der Waals surface area contributed by atoms with E-state index in [0.29, 0.717) is 12.8 Å². The molecule has 1 atom stereocenters. The van der Waals surface area contributed by atoms with Crippen LogP contribution in [0.1, 0.15) is 35.7 Å². The van der Waals surface area contributed by atoms with Crippen LogP contribution in [0, 0.1) is 28.8 Å². The monoisotopic (exact) mass is 312 g/mol. The van der Waals surface area contributed by atoms with Crippen LogP contribution in [0.3, 0.4) is 0 Å². The number of hydrogen-bond acceptors (Lipinski definition) is 4. The standard InChI is InChI=1S/C14H17FN2O5/c1-3-4-9(14(19)20)7-16-13(18)11-6-10(15)5-8(2)12(11)17(21)22/h5-6,9H,3-4,7H2,1-2H3,(H,16,18)(H,19,20). The summed E-state index contributed by atoms with van der Waals surface area (Å²) in [6.45, 7) is 2.96. The first-order chi connectivity index (χ1) is 10.3. The summed E-state index contributed by atoms with van der Waals surface area (Å²) in [5, 5.41) is 22.3. The average molecular weight is 312 g/mol. The molecule has 1 aromatic rings. The van der Waals surface area contributed by atoms with Crippen LogP contribution < -0.4 is 5.32 Å². The highest BCUT2D eigenvalue weighted by Gasteiger charge is 2.25. The molecule has 0 aliphatic heterocycles. The molecule has 0 saturated heterocycles. The van der Waals surface area contributed by atoms with E-state index < -0.39 is 39.8 Å². The number of halogens is 1. The highest BCUT2D eigenvalue weighted by molar-refractivity contribution is 5.98. The molecule has 1 amide bonds. The minimum Gasteiger partial charge on any atom is -0.481 e. The molecule has 7 nitrogen and oxygen atoms in total. The first-order valence-corrected chi connectivity index (χ1v) is 6.73. The zero-order chi connectivity index (χ0) is 16.9. The molecule has 22 heavy (non-hydrogen) atoms. The van der Waals surface area contributed by atoms with Crippen LogP contribution >= 0.6 is 0 Å². The molecule has 2 N–H and O–H groups in total. The van der Waals surface area contributed by atoms with Crippen molar-refractivity contribution in [2.24, 2.45) is 5.92 Å². The van der Waals surface area contributed by atoms with Crippen molar-refractivity contribution in [1.82, 2.24) is 5.32 Å². The lowest BCUT2D eigenvalue weighted by Gasteiger charge is -2.13. The molecular weight excluding hydrogens is 295 g/mol. The van der Waals surface area contributed by atoms with Gasteiger partial charge in [0.05, 0.1) is 10.8 Å². The molecule has 0 aromatic heterocycles. The van der Waals surface area contributed by atoms with E-state index in [0.717, 1.165) is 12.1 Å². The maximum Gasteiger partial charge on any atom is 0.308 e. The van der Waals surface area contributed by atoms with E-state index in [1.807, 2.05) is 0 Å². The average Bonchev–Trinajstić information content (AvgIpc) is 2.41. The van der Waals surface area contributed by atoms with Gasteiger partial charge in [0.2, 0.25) is 0 Å². The molecule has 0 bridgehead atoms. The second kappa shape index (κ2) is 7.48. The van der Waals surface area contributed by atoms with Gasteiger partial charge in [0.1, 0.15) is 11.4 Å². The molecule has 0 aliphatic carbocycles. The van der Waals surface area contributed by atoms with E-state index in [9.17, 15) is 24.1 Å². The summed E-state index contributed by atoms with van der Waals surface area (Å²) >= 11 is 0. The van der Waals surface area contributed by atoms with Gasteiger partial charge in [-0.1, -0.05) is 13.3 Å². The number of carbonyl (C=O) groups excluding carboxylic acids is 1. The normalized spacial score (nSPS) is 11.8. The summed E-state index contributed by atoms with van der Waals surface area (Å²) in [5.41, 5.74) is -0.872. The van der Waals surface area contributed by atoms with Crippen LogP contribution in [-0.4, -0.2) is 28.5 Å². The van der Waals surface area contributed by atoms with E-state index in [4.69, 9.17) is 5.11 Å². The summed E-state index contributed by atoms with van der Waals surface area (Å²) in [4.78, 5) is 33.3. The number of benzene rings is 1. The number of rotatable bonds is 7. The van der Waals surface area contributed by atoms with Crippen molar-refractivity contribution in [2.75, 3.05) is 6.54 Å². The number of hydrogen-bond donors (Lipinski definition) is 2. The van der Waals surface area contributed by atoms with E-state index in [1.165, 1.54) is 6.92 Å². The van der Waals surface area contributed by atoms with Gasteiger partial charge in [-0.2, -0.15) is 0 Å². The van der Waals surface area contributed by atoms with Crippen molar-refractivity contribution >= 4 is 17.6 Å². The fraction of sp³-hybridized carbons (Fsp3) is 0.429. The van der Waals surface area contributed by atoms with Gasteiger partial charge in [-0.15, -0.1) is 0 Å². The van der Waals surface area contributed by atoms with Gasteiger partial charge in [-0.25, -0.2) is 4.39 Å². The molecule has 0 aliphatic rings. The van der Waals surface area contributed by atoms with Gasteiger partial charge < -0.3 is 10.4 Å². The fourth-order valence-electron chi connectivity index (χ4n) is 2.12. The lowest BCUT2D eigenvalue weighted by Crippen LogP contribution is -2.33. The lowest BCUT2D eigenvalue weighted by molar-refractivity contribution is -0.385. The Hall–Kier alpha value is -2.51. The van der Waals surface area contributed by atoms with E-state index in [-0.39, 0.29) is 12.1 Å². The summed E-state index contributed by atoms with van der Waals surface area (Å²) in [6, 6.07) is 1.74. The Kier molecular flexibility index (Phi) is 5.97. The fourth-order valence-corrected chi connectivity index (χ4v) is 2.12. The van der Waals surface area contributed by atoms with Crippen molar-refractivity contribution in [3.05, 3.63) is 39.2 Å². The van der Waals surface area contributed by atoms with Crippen LogP contribution in [0.2, 0.25) is 0 Å². The Morgan fingerprint density at radius 3 is 2.59 bits per heavy atom. The largest absolute Gasteiger partial charge is 0.481 e. The number of nitrogens with zero attached hydrogens (tertiary/aromatic N) is 1. The van der Waals surface area contributed by atoms with Crippen molar-refractivity contribution in [3.63, 3.8) is 0 Å². The van der Waals surface area contributed by atoms with Crippen LogP contribution in [0.4, 0.5) is 10.1 Å². The Balaban J connectivity index is 2.98. The predicted octanol–water partition coefficient (Wildman–Crippen LogP) is 2.27. The van der Waals surface area contributed by atoms with Gasteiger partial charge >= 0.3 is 5.97 Å². The number of amides is 1. The van der Waals surface area contributed by atoms with Crippen molar-refractivity contribution < 1.29 is 24.0 Å². The molecule has 1 rings (SSSR count). The number of carbonyl (C=O) groups is 2. The number of aliphatic carboxylic acids is 1. The molecule has 8 heteroatoms. The van der Waals surface area contributed by atoms with Crippen LogP contribution in [0.5, 0.6) is 0 Å². The minimum atomic E-state index is -1.06. The van der Waals surface area contributed by atoms with E-state index in [1.54, 1.807) is 6.92 Å². The molecule has 1 unspecified atom stereocenters. The second-order valence-corrected chi connectivity index (χ2v) is 4.91. The Bertz CT molecular complexity index is 603. The Morgan fingerprint density at radius 2 is 2.09 bits per heavy atom. The number of aryl methyl sites for hydroxylation is 1. The van der Waals surface area contributed by atoms with Gasteiger partial charge in [0.25, 0.3) is 11.6 Å². The first-order valence-electron chi connectivity index (χ1n) is 6.73. The molecule has 0 radical (unpaired) electrons. The van der Waals surface area contributed by atoms with Crippen LogP contribution in [0.15, 0.2) is 12.1 Å². The maximum absolute atomic E-state index is 13.4. The summed E-state index contributed by atoms with van der Waals surface area (Å²) in [5.74, 6) is -3.48. The van der Waals surface area contributed by atoms with Gasteiger partial charge in [-0.05, 0) is 25.5 Å². The Labute approximate surface area is 126 Å². The highest BCUT2D eigenvalue weighted by Crippen LogP contribution is 2.24. The smallest absolute Gasteiger partial charge is 0.308 e. The summed E-state index contributed by atoms with van der Waals surface area (Å²) in [6.07, 6.45) is 0.978. The number of carboxylic acid groups (broad SMARTS) is 1. The summed E-state index contributed by atoms with van der Waals surface area (Å²) in [7, 11) is 0. The van der Waals surface area contributed by atoms with Crippen LogP contribution in [-0.2, 0) is 4.79 Å². The molecule has 0 heterocycles. The SMILES string of the molecule is CCCC(CNC(=O)c1cc(F)cc(C)c1[N+](=O)[O-])C(=O)O. The third kappa shape index (κ3) is 4.24. The number of carboxylic acids is 1. The molecule has 120 valence electrons. The lowest BCUT2D eigenvalue weighted by atomic mass is 10.0. The van der Waals surface area contributed by atoms with Crippen molar-refractivity contribution in [1.29, 1.82) is 0 Å². The number of nitro groups is 1. The quantitative estimate of drug-likeness (QED) is 0.593. The second-order valence-electron chi connectivity index (χ2n) is 4.91. The van der Waals surface area contributed by atoms with E-state index >= 15 is 0 Å². The first kappa shape index (κ1) is 17.5. The molecular formula is C14H17FN2O5. The molecule has 0 fully saturated rings. The number of nitrogens with one attached hydrogen (secondary N) is 1. The topological polar surface area (TPSA) is 110 Å². The van der Waals surface area contributed by atoms with Crippen LogP contribution in [0.25, 0.3) is 0 Å². The number of nitro benzene ring substituents is 1. The van der Waals surface area contributed by atoms with Gasteiger partial charge in [0, 0.05) is 12.1 Å². The predicted molar refractivity (Wildman–Crippen MR) is 76.2 cm³/mol. The maximum atomic E-state index is 13.4. The minimum absolute atomic E-state index is 0.0264. The van der Waals surface area contributed by atoms with Gasteiger partial charge in [-0.3, -0.25) is 19.7 Å². The molecule has 0 spiro atoms. The third-order valence-corrected chi connectivity index (χ3v) is 3.19. The Morgan fingerprint density at radius 1 is 1.45 bits per heavy atom. The zero-order valence-electron chi connectivity index (χ0n) is 12.3. The zero-order valence-corrected chi connectivity index (χ0v) is 12.3. The molecule has 1 aromatic carbocycles. The van der Waals surface area contributed by atoms with Crippen molar-refractivity contribution in [3.8, 4) is 0 Å². The van der Waals surface area contributed by atoms with E-state index in [2.05, 4.69) is 5.32 Å². The summed E-state index contributed by atoms with van der Waals surface area (Å²) < 4.78 is 13.4. The third-order valence-electron chi connectivity index (χ3n) is 3.19. The van der Waals surface area contributed by atoms with Crippen molar-refractivity contribution in [2.45, 2.75) is 26.7 Å².